The Balaban J connectivity index is -0.000000139. The molecule has 0 fully saturated rings. The van der Waals surface area contributed by atoms with Crippen molar-refractivity contribution in [1.29, 1.82) is 0 Å². The number of hydrogen-bond donors (Lipinski definition) is 10. The largest absolute Gasteiger partial charge is 1.00 e. The molecular weight excluding hydrogens is 639 g/mol. The summed E-state index contributed by atoms with van der Waals surface area (Å²) >= 11 is 0. The van der Waals surface area contributed by atoms with Crippen LogP contribution >= 0.6 is 0 Å². The van der Waals surface area contributed by atoms with Gasteiger partial charge in [-0.25, -0.2) is 4.99 Å². The molecule has 0 unspecified atom stereocenters. The van der Waals surface area contributed by atoms with Crippen LogP contribution in [0.5, 0.6) is 0 Å². The van der Waals surface area contributed by atoms with Crippen LogP contribution in [0.1, 0.15) is 47.1 Å². The van der Waals surface area contributed by atoms with Crippen LogP contribution in [0.25, 0.3) is 0 Å². The smallest absolute Gasteiger partial charge is 0.488 e. The molecule has 17 nitrogen and oxygen atoms in total. The molecule has 0 heterocycles. The van der Waals surface area contributed by atoms with Crippen molar-refractivity contribution in [3.8, 4) is 0 Å². The molecule has 0 saturated carbocycles. The molecule has 0 atom stereocenters. The van der Waals surface area contributed by atoms with E-state index in [1.165, 1.54) is 41.5 Å². The zero-order chi connectivity index (χ0) is 30.3. The normalized spacial score (nSPS) is 11.9. The van der Waals surface area contributed by atoms with Gasteiger partial charge in [0.2, 0.25) is 0 Å². The molecule has 1 radical (unpaired) electrons. The SMILES string of the molecule is CC(=N\O)/C(C)=N/O.CC(=N\O)/C(C)=N/O.CC(=N\O)/C(C)=N/O.NC(N)=NCc1ccc(B(O)O)cc1.[99Tc].[Cl-]. The molecule has 0 spiro atoms. The van der Waals surface area contributed by atoms with Gasteiger partial charge in [0.15, 0.2) is 5.96 Å². The van der Waals surface area contributed by atoms with E-state index in [4.69, 9.17) is 52.8 Å². The van der Waals surface area contributed by atoms with Crippen LogP contribution < -0.4 is 29.3 Å². The number of hydrogen-bond acceptors (Lipinski definition) is 15. The van der Waals surface area contributed by atoms with Gasteiger partial charge in [-0.3, -0.25) is 0 Å². The maximum atomic E-state index is 8.82. The van der Waals surface area contributed by atoms with Crippen molar-refractivity contribution in [2.75, 3.05) is 0 Å². The van der Waals surface area contributed by atoms with E-state index in [-0.39, 0.29) is 38.5 Å². The minimum Gasteiger partial charge on any atom is -1.00 e. The minimum atomic E-state index is -1.44. The van der Waals surface area contributed by atoms with Crippen molar-refractivity contribution in [3.05, 3.63) is 29.8 Å². The molecule has 1 aromatic rings. The number of oxime groups is 6. The van der Waals surface area contributed by atoms with E-state index in [2.05, 4.69) is 35.9 Å². The molecule has 1 rings (SSSR count). The van der Waals surface area contributed by atoms with Crippen molar-refractivity contribution < 1.29 is 73.8 Å². The number of rotatable bonds is 6. The number of aliphatic imine (C=N–C) groups is 1. The summed E-state index contributed by atoms with van der Waals surface area (Å²) < 4.78 is 0. The zero-order valence-corrected chi connectivity index (χ0v) is 25.3. The van der Waals surface area contributed by atoms with Gasteiger partial charge >= 0.3 is 7.12 Å². The zero-order valence-electron chi connectivity index (χ0n) is 22.7. The van der Waals surface area contributed by atoms with E-state index in [1.807, 2.05) is 0 Å². The Kier molecular flexibility index (Phi) is 32.6. The van der Waals surface area contributed by atoms with Gasteiger partial charge in [-0.15, -0.1) is 0 Å². The Morgan fingerprint density at radius 3 is 1.02 bits per heavy atom. The third kappa shape index (κ3) is 24.6. The number of benzene rings is 1. The molecule has 0 aliphatic carbocycles. The summed E-state index contributed by atoms with van der Waals surface area (Å²) in [6.45, 7) is 9.61. The second-order valence-corrected chi connectivity index (χ2v) is 6.97. The molecule has 0 bridgehead atoms. The first-order valence-electron chi connectivity index (χ1n) is 10.4. The summed E-state index contributed by atoms with van der Waals surface area (Å²) in [6.07, 6.45) is 0. The molecule has 1 aromatic carbocycles. The number of halogens is 1. The van der Waals surface area contributed by atoms with Gasteiger partial charge in [0.25, 0.3) is 0 Å². The van der Waals surface area contributed by atoms with Crippen LogP contribution in [0.15, 0.2) is 60.2 Å². The predicted molar refractivity (Wildman–Crippen MR) is 145 cm³/mol. The molecule has 12 N–H and O–H groups in total. The molecule has 227 valence electrons. The van der Waals surface area contributed by atoms with Crippen LogP contribution in [0.3, 0.4) is 0 Å². The van der Waals surface area contributed by atoms with Crippen molar-refractivity contribution in [3.63, 3.8) is 0 Å². The van der Waals surface area contributed by atoms with Crippen molar-refractivity contribution in [2.45, 2.75) is 48.1 Å². The first-order valence-corrected chi connectivity index (χ1v) is 10.4. The Morgan fingerprint density at radius 1 is 0.600 bits per heavy atom. The first kappa shape index (κ1) is 46.1. The summed E-state index contributed by atoms with van der Waals surface area (Å²) in [5, 5.41) is 82.5. The summed E-state index contributed by atoms with van der Waals surface area (Å²) in [7, 11) is -1.44. The first-order chi connectivity index (χ1) is 17.7. The fourth-order valence-electron chi connectivity index (χ4n) is 1.41. The molecule has 0 aliphatic heterocycles. The van der Waals surface area contributed by atoms with Gasteiger partial charge in [0, 0.05) is 20.1 Å². The average Bonchev–Trinajstić information content (AvgIpc) is 2.94. The van der Waals surface area contributed by atoms with Gasteiger partial charge in [0.05, 0.1) is 6.54 Å². The molecule has 40 heavy (non-hydrogen) atoms. The van der Waals surface area contributed by atoms with Crippen LogP contribution in [0.2, 0.25) is 0 Å². The Hall–Kier alpha value is -3.77. The van der Waals surface area contributed by atoms with Gasteiger partial charge in [-0.2, -0.15) is 0 Å². The molecule has 0 saturated heterocycles. The number of nitrogens with two attached hydrogens (primary N) is 2. The molecule has 0 aromatic heterocycles. The molecular formula is C20H36BClN9O8Tc-. The fourth-order valence-corrected chi connectivity index (χ4v) is 1.41. The third-order valence-electron chi connectivity index (χ3n) is 4.19. The van der Waals surface area contributed by atoms with Crippen molar-refractivity contribution >= 4 is 52.8 Å². The van der Waals surface area contributed by atoms with Crippen LogP contribution in [0, 0.1) is 0 Å². The number of nitrogens with zero attached hydrogens (tertiary/aromatic N) is 7. The summed E-state index contributed by atoms with van der Waals surface area (Å²) in [5.74, 6) is 0.0382. The number of guanidine groups is 1. The summed E-state index contributed by atoms with van der Waals surface area (Å²) in [5.41, 5.74) is 13.6. The van der Waals surface area contributed by atoms with E-state index < -0.39 is 7.12 Å². The van der Waals surface area contributed by atoms with E-state index in [0.29, 0.717) is 46.3 Å². The average molecular weight is 676 g/mol. The van der Waals surface area contributed by atoms with E-state index in [0.717, 1.165) is 5.56 Å². The molecule has 20 heteroatoms. The van der Waals surface area contributed by atoms with E-state index in [1.54, 1.807) is 24.3 Å². The Morgan fingerprint density at radius 2 is 0.850 bits per heavy atom. The second-order valence-electron chi connectivity index (χ2n) is 6.97. The predicted octanol–water partition coefficient (Wildman–Crippen LogP) is -2.80. The van der Waals surface area contributed by atoms with Crippen LogP contribution in [0.4, 0.5) is 0 Å². The van der Waals surface area contributed by atoms with E-state index in [9.17, 15) is 0 Å². The molecule has 0 aliphatic rings. The maximum Gasteiger partial charge on any atom is 0.488 e. The van der Waals surface area contributed by atoms with Gasteiger partial charge in [-0.05, 0) is 52.6 Å². The van der Waals surface area contributed by atoms with Crippen LogP contribution in [-0.2, 0) is 26.7 Å². The maximum absolute atomic E-state index is 8.82. The fraction of sp³-hybridized carbons (Fsp3) is 0.350. The van der Waals surface area contributed by atoms with E-state index >= 15 is 0 Å². The Bertz CT molecular complexity index is 907. The van der Waals surface area contributed by atoms with Gasteiger partial charge in [-0.1, -0.05) is 55.2 Å². The van der Waals surface area contributed by atoms with Gasteiger partial charge in [0.1, 0.15) is 34.3 Å². The second kappa shape index (κ2) is 28.2. The third-order valence-corrected chi connectivity index (χ3v) is 4.19. The van der Waals surface area contributed by atoms with Gasteiger partial charge < -0.3 is 65.2 Å². The molecule has 0 amide bonds. The monoisotopic (exact) mass is 675 g/mol. The standard InChI is InChI=1S/C8H12BN3O2.3C4H8N2O2.ClH.Tc/c10-8(11)12-5-6-1-3-7(4-2-6)9(13)14;3*1-3(5-7)4(2)6-8;;/h1-4,13-14H,5H2,(H4,10,11,12);3*7-8H,1-2H3;1H;/p-1/b;3*5-3+,6-4+;;/i;;;;;1+1. The topological polar surface area (TPSA) is 300 Å². The van der Waals surface area contributed by atoms with Crippen LogP contribution in [-0.4, -0.2) is 88.6 Å². The Labute approximate surface area is 251 Å². The summed E-state index contributed by atoms with van der Waals surface area (Å²) in [4.78, 5) is 3.82. The summed E-state index contributed by atoms with van der Waals surface area (Å²) in [6, 6.07) is 6.70. The minimum absolute atomic E-state index is 0. The van der Waals surface area contributed by atoms with Crippen molar-refractivity contribution in [1.82, 2.24) is 0 Å². The van der Waals surface area contributed by atoms with Crippen molar-refractivity contribution in [2.24, 2.45) is 47.4 Å². The quantitative estimate of drug-likeness (QED) is 0.0486.